The molecule has 268 valence electrons. The van der Waals surface area contributed by atoms with Crippen LogP contribution in [0.3, 0.4) is 0 Å². The van der Waals surface area contributed by atoms with E-state index in [1.54, 1.807) is 0 Å². The highest BCUT2D eigenvalue weighted by Crippen LogP contribution is 2.46. The van der Waals surface area contributed by atoms with Gasteiger partial charge in [-0.3, -0.25) is 0 Å². The third kappa shape index (κ3) is 5.68. The number of hydrogen-bond donors (Lipinski definition) is 0. The molecule has 2 aromatic heterocycles. The Labute approximate surface area is 330 Å². The molecule has 11 aromatic rings. The molecule has 0 aliphatic carbocycles. The first kappa shape index (κ1) is 32.8. The Morgan fingerprint density at radius 1 is 0.298 bits per heavy atom. The molecule has 0 bridgehead atoms. The van der Waals surface area contributed by atoms with Crippen LogP contribution in [0.2, 0.25) is 0 Å². The van der Waals surface area contributed by atoms with Gasteiger partial charge in [-0.1, -0.05) is 158 Å². The molecule has 3 heteroatoms. The van der Waals surface area contributed by atoms with Crippen LogP contribution in [-0.4, -0.2) is 0 Å². The average molecular weight is 730 g/mol. The second-order valence-corrected chi connectivity index (χ2v) is 14.5. The minimum atomic E-state index is 0.857. The van der Waals surface area contributed by atoms with Crippen molar-refractivity contribution in [3.05, 3.63) is 212 Å². The minimum absolute atomic E-state index is 0.857. The number of rotatable bonds is 7. The van der Waals surface area contributed by atoms with Gasteiger partial charge in [-0.25, -0.2) is 0 Å². The predicted octanol–water partition coefficient (Wildman–Crippen LogP) is 15.6. The molecule has 11 rings (SSSR count). The summed E-state index contributed by atoms with van der Waals surface area (Å²) in [4.78, 5) is 2.37. The van der Waals surface area contributed by atoms with Crippen LogP contribution in [0, 0.1) is 0 Å². The molecule has 0 unspecified atom stereocenters. The maximum atomic E-state index is 6.50. The van der Waals surface area contributed by atoms with Crippen molar-refractivity contribution >= 4 is 60.9 Å². The molecular weight excluding hydrogens is 695 g/mol. The van der Waals surface area contributed by atoms with E-state index in [0.717, 1.165) is 83.2 Å². The number of fused-ring (bicyclic) bond motifs is 6. The summed E-state index contributed by atoms with van der Waals surface area (Å²) >= 11 is 0. The van der Waals surface area contributed by atoms with Crippen molar-refractivity contribution in [3.8, 4) is 44.5 Å². The van der Waals surface area contributed by atoms with E-state index in [0.29, 0.717) is 0 Å². The van der Waals surface area contributed by atoms with E-state index < -0.39 is 0 Å². The number of para-hydroxylation sites is 2. The van der Waals surface area contributed by atoms with Gasteiger partial charge in [-0.15, -0.1) is 0 Å². The molecular formula is C54H35NO2. The van der Waals surface area contributed by atoms with Crippen LogP contribution in [0.5, 0.6) is 0 Å². The fraction of sp³-hybridized carbons (Fsp3) is 0. The van der Waals surface area contributed by atoms with Gasteiger partial charge in [0.25, 0.3) is 0 Å². The van der Waals surface area contributed by atoms with Gasteiger partial charge in [0.1, 0.15) is 22.3 Å². The van der Waals surface area contributed by atoms with Crippen LogP contribution in [0.25, 0.3) is 88.4 Å². The molecule has 0 N–H and O–H groups in total. The summed E-state index contributed by atoms with van der Waals surface area (Å²) in [6.07, 6.45) is 0. The van der Waals surface area contributed by atoms with E-state index in [-0.39, 0.29) is 0 Å². The average Bonchev–Trinajstić information content (AvgIpc) is 3.86. The Bertz CT molecular complexity index is 3220. The molecule has 0 fully saturated rings. The van der Waals surface area contributed by atoms with Crippen LogP contribution in [0.1, 0.15) is 0 Å². The Morgan fingerprint density at radius 3 is 1.63 bits per heavy atom. The Balaban J connectivity index is 1.07. The summed E-state index contributed by atoms with van der Waals surface area (Å²) < 4.78 is 12.9. The fourth-order valence-corrected chi connectivity index (χ4v) is 8.39. The molecule has 0 aliphatic rings. The van der Waals surface area contributed by atoms with Crippen LogP contribution < -0.4 is 4.90 Å². The molecule has 0 saturated heterocycles. The zero-order chi connectivity index (χ0) is 37.7. The molecule has 57 heavy (non-hydrogen) atoms. The van der Waals surface area contributed by atoms with Gasteiger partial charge in [0.2, 0.25) is 0 Å². The predicted molar refractivity (Wildman–Crippen MR) is 237 cm³/mol. The van der Waals surface area contributed by atoms with E-state index in [2.05, 4.69) is 199 Å². The second kappa shape index (κ2) is 13.6. The number of furan rings is 2. The van der Waals surface area contributed by atoms with Gasteiger partial charge in [0.05, 0.1) is 11.1 Å². The molecule has 3 nitrogen and oxygen atoms in total. The highest BCUT2D eigenvalue weighted by molar-refractivity contribution is 6.14. The molecule has 2 heterocycles. The molecule has 9 aromatic carbocycles. The van der Waals surface area contributed by atoms with Crippen LogP contribution in [0.4, 0.5) is 17.1 Å². The zero-order valence-corrected chi connectivity index (χ0v) is 31.0. The van der Waals surface area contributed by atoms with Gasteiger partial charge < -0.3 is 13.7 Å². The van der Waals surface area contributed by atoms with E-state index in [9.17, 15) is 0 Å². The summed E-state index contributed by atoms with van der Waals surface area (Å²) in [6, 6.07) is 75.1. The molecule has 0 radical (unpaired) electrons. The standard InChI is InChI=1S/C54H35NO2/c1-4-14-37(15-5-1)43-32-31-42(35-47(43)39-18-8-3-9-19-39)55(49-23-13-25-52-53(49)46-20-10-11-24-50(46)56-52)41-29-26-36(27-30-41)40-28-33-51-48(34-40)45-22-12-21-44(54(45)57-51)38-16-6-2-7-17-38/h1-35H. The van der Waals surface area contributed by atoms with Crippen molar-refractivity contribution < 1.29 is 8.83 Å². The van der Waals surface area contributed by atoms with E-state index in [4.69, 9.17) is 8.83 Å². The summed E-state index contributed by atoms with van der Waals surface area (Å²) in [6.45, 7) is 0. The first-order valence-corrected chi connectivity index (χ1v) is 19.3. The van der Waals surface area contributed by atoms with Crippen molar-refractivity contribution in [2.75, 3.05) is 4.90 Å². The zero-order valence-electron chi connectivity index (χ0n) is 31.0. The maximum absolute atomic E-state index is 6.50. The largest absolute Gasteiger partial charge is 0.456 e. The quantitative estimate of drug-likeness (QED) is 0.164. The highest BCUT2D eigenvalue weighted by atomic mass is 16.3. The minimum Gasteiger partial charge on any atom is -0.456 e. The van der Waals surface area contributed by atoms with E-state index in [1.165, 1.54) is 22.3 Å². The summed E-state index contributed by atoms with van der Waals surface area (Å²) in [5.74, 6) is 0. The number of anilines is 3. The lowest BCUT2D eigenvalue weighted by Crippen LogP contribution is -2.10. The van der Waals surface area contributed by atoms with Gasteiger partial charge in [-0.2, -0.15) is 0 Å². The lowest BCUT2D eigenvalue weighted by Gasteiger charge is -2.27. The normalized spacial score (nSPS) is 11.5. The first-order chi connectivity index (χ1) is 28.3. The molecule has 0 atom stereocenters. The van der Waals surface area contributed by atoms with Crippen molar-refractivity contribution in [2.24, 2.45) is 0 Å². The number of benzene rings is 9. The monoisotopic (exact) mass is 729 g/mol. The Hall–Kier alpha value is -7.62. The molecule has 0 aliphatic heterocycles. The van der Waals surface area contributed by atoms with Gasteiger partial charge in [0.15, 0.2) is 0 Å². The number of hydrogen-bond acceptors (Lipinski definition) is 3. The summed E-state index contributed by atoms with van der Waals surface area (Å²) in [7, 11) is 0. The van der Waals surface area contributed by atoms with Crippen LogP contribution in [0.15, 0.2) is 221 Å². The molecule has 0 amide bonds. The third-order valence-corrected chi connectivity index (χ3v) is 11.1. The van der Waals surface area contributed by atoms with Crippen molar-refractivity contribution in [1.29, 1.82) is 0 Å². The Morgan fingerprint density at radius 2 is 0.877 bits per heavy atom. The summed E-state index contributed by atoms with van der Waals surface area (Å²) in [5, 5.41) is 4.39. The maximum Gasteiger partial charge on any atom is 0.143 e. The number of nitrogens with zero attached hydrogens (tertiary/aromatic N) is 1. The summed E-state index contributed by atoms with van der Waals surface area (Å²) in [5.41, 5.74) is 15.9. The lowest BCUT2D eigenvalue weighted by molar-refractivity contribution is 0.669. The smallest absolute Gasteiger partial charge is 0.143 e. The van der Waals surface area contributed by atoms with Gasteiger partial charge in [0, 0.05) is 33.1 Å². The van der Waals surface area contributed by atoms with E-state index in [1.807, 2.05) is 18.2 Å². The topological polar surface area (TPSA) is 29.5 Å². The SMILES string of the molecule is c1ccc(-c2ccc(N(c3ccc(-c4ccc5oc6c(-c7ccccc7)cccc6c5c4)cc3)c3cccc4oc5ccccc5c34)cc2-c2ccccc2)cc1. The van der Waals surface area contributed by atoms with Crippen molar-refractivity contribution in [2.45, 2.75) is 0 Å². The first-order valence-electron chi connectivity index (χ1n) is 19.3. The second-order valence-electron chi connectivity index (χ2n) is 14.5. The highest BCUT2D eigenvalue weighted by Gasteiger charge is 2.21. The van der Waals surface area contributed by atoms with Crippen molar-refractivity contribution in [1.82, 2.24) is 0 Å². The third-order valence-electron chi connectivity index (χ3n) is 11.1. The van der Waals surface area contributed by atoms with Crippen LogP contribution in [-0.2, 0) is 0 Å². The van der Waals surface area contributed by atoms with Crippen LogP contribution >= 0.6 is 0 Å². The van der Waals surface area contributed by atoms with Gasteiger partial charge in [-0.05, 0) is 93.5 Å². The fourth-order valence-electron chi connectivity index (χ4n) is 8.39. The van der Waals surface area contributed by atoms with Crippen molar-refractivity contribution in [3.63, 3.8) is 0 Å². The van der Waals surface area contributed by atoms with Gasteiger partial charge >= 0.3 is 0 Å². The molecule has 0 spiro atoms. The molecule has 0 saturated carbocycles. The van der Waals surface area contributed by atoms with E-state index >= 15 is 0 Å². The Kier molecular flexibility index (Phi) is 7.82. The lowest BCUT2D eigenvalue weighted by atomic mass is 9.93.